The Morgan fingerprint density at radius 2 is 1.77 bits per heavy atom. The van der Waals surface area contributed by atoms with Gasteiger partial charge < -0.3 is 20.1 Å². The van der Waals surface area contributed by atoms with Gasteiger partial charge in [-0.1, -0.05) is 6.07 Å². The van der Waals surface area contributed by atoms with E-state index in [2.05, 4.69) is 10.6 Å². The van der Waals surface area contributed by atoms with Crippen LogP contribution in [0, 0.1) is 11.6 Å². The van der Waals surface area contributed by atoms with Gasteiger partial charge in [0, 0.05) is 19.0 Å². The zero-order chi connectivity index (χ0) is 22.3. The average Bonchev–Trinajstić information content (AvgIpc) is 2.67. The maximum atomic E-state index is 13.6. The summed E-state index contributed by atoms with van der Waals surface area (Å²) < 4.78 is 37.6. The molecular formula is C22H26F2N2O4. The largest absolute Gasteiger partial charge is 0.493 e. The van der Waals surface area contributed by atoms with E-state index in [9.17, 15) is 18.4 Å². The summed E-state index contributed by atoms with van der Waals surface area (Å²) >= 11 is 0. The van der Waals surface area contributed by atoms with E-state index in [0.29, 0.717) is 17.6 Å². The van der Waals surface area contributed by atoms with E-state index in [-0.39, 0.29) is 36.6 Å². The molecule has 1 unspecified atom stereocenters. The van der Waals surface area contributed by atoms with E-state index in [0.717, 1.165) is 17.7 Å². The summed E-state index contributed by atoms with van der Waals surface area (Å²) in [6.45, 7) is 5.67. The molecule has 0 aliphatic carbocycles. The molecule has 0 radical (unpaired) electrons. The molecule has 0 aromatic heterocycles. The van der Waals surface area contributed by atoms with Crippen molar-refractivity contribution in [2.45, 2.75) is 39.3 Å². The predicted octanol–water partition coefficient (Wildman–Crippen LogP) is 3.76. The van der Waals surface area contributed by atoms with Crippen LogP contribution in [0.2, 0.25) is 0 Å². The Morgan fingerprint density at radius 1 is 1.03 bits per heavy atom. The highest BCUT2D eigenvalue weighted by Gasteiger charge is 2.15. The Kier molecular flexibility index (Phi) is 8.15. The van der Waals surface area contributed by atoms with Gasteiger partial charge in [-0.05, 0) is 50.6 Å². The monoisotopic (exact) mass is 420 g/mol. The van der Waals surface area contributed by atoms with E-state index in [1.54, 1.807) is 19.2 Å². The minimum atomic E-state index is -0.954. The van der Waals surface area contributed by atoms with E-state index in [1.165, 1.54) is 0 Å². The standard InChI is InChI=1S/C22H26F2N2O4/c1-13(2)30-19-8-5-15(11-20(19)29-4)14(3)26-21(27)9-10-25-22(28)17-7-6-16(23)12-18(17)24/h5-8,11-14H,9-10H2,1-4H3,(H,25,28)(H,26,27). The SMILES string of the molecule is COc1cc(C(C)NC(=O)CCNC(=O)c2ccc(F)cc2F)ccc1OC(C)C. The van der Waals surface area contributed by atoms with Gasteiger partial charge in [-0.15, -0.1) is 0 Å². The zero-order valence-corrected chi connectivity index (χ0v) is 17.4. The van der Waals surface area contributed by atoms with Gasteiger partial charge in [0.1, 0.15) is 11.6 Å². The van der Waals surface area contributed by atoms with Crippen LogP contribution in [0.1, 0.15) is 49.2 Å². The number of benzene rings is 2. The van der Waals surface area contributed by atoms with Crippen LogP contribution in [0.4, 0.5) is 8.78 Å². The number of rotatable bonds is 9. The maximum absolute atomic E-state index is 13.6. The molecule has 0 saturated carbocycles. The summed E-state index contributed by atoms with van der Waals surface area (Å²) in [4.78, 5) is 24.1. The van der Waals surface area contributed by atoms with E-state index in [4.69, 9.17) is 9.47 Å². The number of amides is 2. The highest BCUT2D eigenvalue weighted by atomic mass is 19.1. The van der Waals surface area contributed by atoms with Gasteiger partial charge in [0.25, 0.3) is 5.91 Å². The third kappa shape index (κ3) is 6.43. The van der Waals surface area contributed by atoms with Crippen molar-refractivity contribution in [1.82, 2.24) is 10.6 Å². The molecule has 2 aromatic carbocycles. The van der Waals surface area contributed by atoms with Crippen LogP contribution in [0.5, 0.6) is 11.5 Å². The minimum Gasteiger partial charge on any atom is -0.493 e. The number of methoxy groups -OCH3 is 1. The number of carbonyl (C=O) groups is 2. The topological polar surface area (TPSA) is 76.7 Å². The van der Waals surface area contributed by atoms with Gasteiger partial charge in [-0.3, -0.25) is 9.59 Å². The Hall–Kier alpha value is -3.16. The summed E-state index contributed by atoms with van der Waals surface area (Å²) in [5.41, 5.74) is 0.551. The van der Waals surface area contributed by atoms with E-state index < -0.39 is 17.5 Å². The molecule has 2 rings (SSSR count). The molecule has 6 nitrogen and oxygen atoms in total. The van der Waals surface area contributed by atoms with Crippen molar-refractivity contribution in [3.63, 3.8) is 0 Å². The second-order valence-corrected chi connectivity index (χ2v) is 7.00. The molecule has 2 aromatic rings. The van der Waals surface area contributed by atoms with Gasteiger partial charge in [-0.2, -0.15) is 0 Å². The number of carbonyl (C=O) groups excluding carboxylic acids is 2. The Morgan fingerprint density at radius 3 is 2.40 bits per heavy atom. The third-order valence-electron chi connectivity index (χ3n) is 4.24. The smallest absolute Gasteiger partial charge is 0.254 e. The lowest BCUT2D eigenvalue weighted by Gasteiger charge is -2.18. The third-order valence-corrected chi connectivity index (χ3v) is 4.24. The van der Waals surface area contributed by atoms with Crippen molar-refractivity contribution in [2.75, 3.05) is 13.7 Å². The van der Waals surface area contributed by atoms with Gasteiger partial charge in [0.2, 0.25) is 5.91 Å². The predicted molar refractivity (Wildman–Crippen MR) is 109 cm³/mol. The van der Waals surface area contributed by atoms with Crippen molar-refractivity contribution in [1.29, 1.82) is 0 Å². The molecule has 1 atom stereocenters. The molecule has 30 heavy (non-hydrogen) atoms. The molecule has 0 fully saturated rings. The molecule has 8 heteroatoms. The summed E-state index contributed by atoms with van der Waals surface area (Å²) in [5, 5.41) is 5.28. The van der Waals surface area contributed by atoms with E-state index in [1.807, 2.05) is 26.8 Å². The quantitative estimate of drug-likeness (QED) is 0.648. The number of hydrogen-bond donors (Lipinski definition) is 2. The normalized spacial score (nSPS) is 11.7. The molecule has 2 N–H and O–H groups in total. The number of ether oxygens (including phenoxy) is 2. The van der Waals surface area contributed by atoms with Crippen LogP contribution in [0.3, 0.4) is 0 Å². The van der Waals surface area contributed by atoms with Gasteiger partial charge in [-0.25, -0.2) is 8.78 Å². The summed E-state index contributed by atoms with van der Waals surface area (Å²) in [6, 6.07) is 7.81. The lowest BCUT2D eigenvalue weighted by molar-refractivity contribution is -0.121. The molecule has 0 bridgehead atoms. The fourth-order valence-electron chi connectivity index (χ4n) is 2.76. The second-order valence-electron chi connectivity index (χ2n) is 7.00. The molecule has 2 amide bonds. The molecule has 0 heterocycles. The molecule has 0 aliphatic rings. The van der Waals surface area contributed by atoms with Crippen molar-refractivity contribution in [2.24, 2.45) is 0 Å². The molecule has 162 valence electrons. The van der Waals surface area contributed by atoms with Crippen LogP contribution in [0.25, 0.3) is 0 Å². The lowest BCUT2D eigenvalue weighted by atomic mass is 10.1. The van der Waals surface area contributed by atoms with Gasteiger partial charge in [0.05, 0.1) is 24.8 Å². The van der Waals surface area contributed by atoms with Crippen LogP contribution in [0.15, 0.2) is 36.4 Å². The van der Waals surface area contributed by atoms with Gasteiger partial charge in [0.15, 0.2) is 11.5 Å². The Balaban J connectivity index is 1.87. The summed E-state index contributed by atoms with van der Waals surface area (Å²) in [6.07, 6.45) is 0.00497. The van der Waals surface area contributed by atoms with Crippen molar-refractivity contribution < 1.29 is 27.8 Å². The van der Waals surface area contributed by atoms with Crippen molar-refractivity contribution in [3.05, 3.63) is 59.2 Å². The highest BCUT2D eigenvalue weighted by Crippen LogP contribution is 2.31. The number of nitrogens with one attached hydrogen (secondary N) is 2. The first-order chi connectivity index (χ1) is 14.2. The molecule has 0 aliphatic heterocycles. The van der Waals surface area contributed by atoms with Crippen LogP contribution >= 0.6 is 0 Å². The van der Waals surface area contributed by atoms with Crippen molar-refractivity contribution in [3.8, 4) is 11.5 Å². The fraction of sp³-hybridized carbons (Fsp3) is 0.364. The summed E-state index contributed by atoms with van der Waals surface area (Å²) in [7, 11) is 1.54. The maximum Gasteiger partial charge on any atom is 0.254 e. The second kappa shape index (κ2) is 10.6. The summed E-state index contributed by atoms with van der Waals surface area (Å²) in [5.74, 6) is -1.54. The van der Waals surface area contributed by atoms with E-state index >= 15 is 0 Å². The molecule has 0 spiro atoms. The van der Waals surface area contributed by atoms with Crippen LogP contribution in [-0.2, 0) is 4.79 Å². The number of halogens is 2. The molecular weight excluding hydrogens is 394 g/mol. The first-order valence-electron chi connectivity index (χ1n) is 9.58. The first kappa shape index (κ1) is 23.1. The highest BCUT2D eigenvalue weighted by molar-refractivity contribution is 5.94. The van der Waals surface area contributed by atoms with Crippen LogP contribution in [-0.4, -0.2) is 31.6 Å². The van der Waals surface area contributed by atoms with Gasteiger partial charge >= 0.3 is 0 Å². The average molecular weight is 420 g/mol. The Bertz CT molecular complexity index is 903. The Labute approximate surface area is 174 Å². The van der Waals surface area contributed by atoms with Crippen LogP contribution < -0.4 is 20.1 Å². The number of hydrogen-bond acceptors (Lipinski definition) is 4. The minimum absolute atomic E-state index is 0.000436. The lowest BCUT2D eigenvalue weighted by Crippen LogP contribution is -2.32. The zero-order valence-electron chi connectivity index (χ0n) is 17.4. The van der Waals surface area contributed by atoms with Crippen molar-refractivity contribution >= 4 is 11.8 Å². The first-order valence-corrected chi connectivity index (χ1v) is 9.58. The molecule has 0 saturated heterocycles. The fourth-order valence-corrected chi connectivity index (χ4v) is 2.76.